The van der Waals surface area contributed by atoms with Gasteiger partial charge in [-0.2, -0.15) is 10.1 Å². The van der Waals surface area contributed by atoms with Crippen LogP contribution in [0.2, 0.25) is 0 Å². The van der Waals surface area contributed by atoms with Crippen molar-refractivity contribution in [2.45, 2.75) is 53.2 Å². The van der Waals surface area contributed by atoms with Gasteiger partial charge in [0.25, 0.3) is 11.7 Å². The highest BCUT2D eigenvalue weighted by Crippen LogP contribution is 2.15. The number of benzene rings is 1. The summed E-state index contributed by atoms with van der Waals surface area (Å²) in [5, 5.41) is 6.93. The van der Waals surface area contributed by atoms with Crippen LogP contribution in [0.25, 0.3) is 5.78 Å². The Hall–Kier alpha value is -3.29. The monoisotopic (exact) mass is 395 g/mol. The highest BCUT2D eigenvalue weighted by Gasteiger charge is 2.19. The lowest BCUT2D eigenvalue weighted by Crippen LogP contribution is -2.35. The van der Waals surface area contributed by atoms with Crippen LogP contribution in [0.5, 0.6) is 0 Å². The Morgan fingerprint density at radius 2 is 1.90 bits per heavy atom. The predicted molar refractivity (Wildman–Crippen MR) is 107 cm³/mol. The molecule has 0 spiro atoms. The number of esters is 1. The van der Waals surface area contributed by atoms with E-state index in [0.717, 1.165) is 28.1 Å². The Bertz CT molecular complexity index is 1030. The van der Waals surface area contributed by atoms with Crippen molar-refractivity contribution in [1.29, 1.82) is 0 Å². The fourth-order valence-corrected chi connectivity index (χ4v) is 3.09. The number of carbonyl (C=O) groups excluding carboxylic acids is 2. The molecule has 1 aromatic carbocycles. The van der Waals surface area contributed by atoms with E-state index in [0.29, 0.717) is 18.7 Å². The van der Waals surface area contributed by atoms with Gasteiger partial charge >= 0.3 is 5.97 Å². The first-order chi connectivity index (χ1) is 13.8. The van der Waals surface area contributed by atoms with Crippen LogP contribution in [-0.2, 0) is 27.3 Å². The van der Waals surface area contributed by atoms with Crippen molar-refractivity contribution in [2.24, 2.45) is 0 Å². The van der Waals surface area contributed by atoms with Gasteiger partial charge in [-0.1, -0.05) is 29.8 Å². The van der Waals surface area contributed by atoms with Gasteiger partial charge in [0.15, 0.2) is 6.10 Å². The molecule has 0 saturated heterocycles. The Labute approximate surface area is 169 Å². The topological polar surface area (TPSA) is 98.5 Å². The molecule has 0 bridgehead atoms. The van der Waals surface area contributed by atoms with Gasteiger partial charge < -0.3 is 10.1 Å². The van der Waals surface area contributed by atoms with Crippen LogP contribution in [-0.4, -0.2) is 37.6 Å². The molecule has 8 heteroatoms. The van der Waals surface area contributed by atoms with E-state index in [9.17, 15) is 9.59 Å². The van der Waals surface area contributed by atoms with Crippen LogP contribution in [0.3, 0.4) is 0 Å². The highest BCUT2D eigenvalue weighted by molar-refractivity contribution is 5.83. The van der Waals surface area contributed by atoms with E-state index in [4.69, 9.17) is 4.74 Å². The smallest absolute Gasteiger partial charge is 0.306 e. The fourth-order valence-electron chi connectivity index (χ4n) is 3.09. The Morgan fingerprint density at radius 1 is 1.17 bits per heavy atom. The second-order valence-corrected chi connectivity index (χ2v) is 7.07. The first-order valence-corrected chi connectivity index (χ1v) is 9.53. The van der Waals surface area contributed by atoms with Crippen molar-refractivity contribution in [3.63, 3.8) is 0 Å². The molecule has 152 valence electrons. The zero-order chi connectivity index (χ0) is 21.0. The molecule has 0 aliphatic carbocycles. The minimum absolute atomic E-state index is 0.152. The lowest BCUT2D eigenvalue weighted by Gasteiger charge is -2.14. The summed E-state index contributed by atoms with van der Waals surface area (Å²) in [6.07, 6.45) is 1.20. The van der Waals surface area contributed by atoms with Gasteiger partial charge in [0.05, 0.1) is 0 Å². The number of carbonyl (C=O) groups is 2. The lowest BCUT2D eigenvalue weighted by atomic mass is 10.1. The maximum atomic E-state index is 12.2. The maximum Gasteiger partial charge on any atom is 0.306 e. The maximum absolute atomic E-state index is 12.2. The minimum atomic E-state index is -0.855. The lowest BCUT2D eigenvalue weighted by molar-refractivity contribution is -0.154. The number of nitrogens with zero attached hydrogens (tertiary/aromatic N) is 4. The molecule has 0 radical (unpaired) electrons. The third-order valence-electron chi connectivity index (χ3n) is 4.83. The van der Waals surface area contributed by atoms with Crippen molar-refractivity contribution in [2.75, 3.05) is 0 Å². The molecular weight excluding hydrogens is 370 g/mol. The van der Waals surface area contributed by atoms with Gasteiger partial charge in [-0.05, 0) is 45.2 Å². The average Bonchev–Trinajstić information content (AvgIpc) is 3.15. The van der Waals surface area contributed by atoms with Crippen molar-refractivity contribution >= 4 is 17.7 Å². The van der Waals surface area contributed by atoms with E-state index in [1.807, 2.05) is 45.0 Å². The van der Waals surface area contributed by atoms with Crippen LogP contribution in [0, 0.1) is 20.8 Å². The summed E-state index contributed by atoms with van der Waals surface area (Å²) in [6.45, 7) is 7.76. The molecule has 0 aliphatic heterocycles. The SMILES string of the molecule is Cc1ccc(CNC(=O)[C@H](C)OC(=O)CCc2c(C)nc3ncnn3c2C)cc1. The van der Waals surface area contributed by atoms with Crippen LogP contribution in [0.4, 0.5) is 0 Å². The largest absolute Gasteiger partial charge is 0.453 e. The summed E-state index contributed by atoms with van der Waals surface area (Å²) in [5.74, 6) is -0.220. The van der Waals surface area contributed by atoms with Crippen molar-refractivity contribution in [3.05, 3.63) is 58.7 Å². The molecule has 1 N–H and O–H groups in total. The molecule has 8 nitrogen and oxygen atoms in total. The van der Waals surface area contributed by atoms with Gasteiger partial charge in [0.1, 0.15) is 6.33 Å². The number of aromatic nitrogens is 4. The molecular formula is C21H25N5O3. The first-order valence-electron chi connectivity index (χ1n) is 9.53. The number of hydrogen-bond acceptors (Lipinski definition) is 6. The summed E-state index contributed by atoms with van der Waals surface area (Å²) in [5.41, 5.74) is 4.77. The number of amides is 1. The second-order valence-electron chi connectivity index (χ2n) is 7.07. The number of nitrogens with one attached hydrogen (secondary N) is 1. The summed E-state index contributed by atoms with van der Waals surface area (Å²) in [4.78, 5) is 32.9. The van der Waals surface area contributed by atoms with E-state index in [2.05, 4.69) is 20.4 Å². The Balaban J connectivity index is 1.51. The molecule has 0 unspecified atom stereocenters. The summed E-state index contributed by atoms with van der Waals surface area (Å²) in [6, 6.07) is 7.88. The molecule has 0 saturated carbocycles. The van der Waals surface area contributed by atoms with Crippen LogP contribution < -0.4 is 5.32 Å². The highest BCUT2D eigenvalue weighted by atomic mass is 16.5. The third-order valence-corrected chi connectivity index (χ3v) is 4.83. The molecule has 2 heterocycles. The van der Waals surface area contributed by atoms with Gasteiger partial charge in [-0.3, -0.25) is 9.59 Å². The molecule has 1 atom stereocenters. The minimum Gasteiger partial charge on any atom is -0.453 e. The van der Waals surface area contributed by atoms with Crippen molar-refractivity contribution in [3.8, 4) is 0 Å². The summed E-state index contributed by atoms with van der Waals surface area (Å²) in [7, 11) is 0. The van der Waals surface area contributed by atoms with Gasteiger partial charge in [-0.15, -0.1) is 0 Å². The summed E-state index contributed by atoms with van der Waals surface area (Å²) >= 11 is 0. The van der Waals surface area contributed by atoms with Gasteiger partial charge in [0, 0.05) is 24.4 Å². The van der Waals surface area contributed by atoms with E-state index in [1.165, 1.54) is 6.33 Å². The second kappa shape index (κ2) is 8.81. The van der Waals surface area contributed by atoms with Crippen molar-refractivity contribution in [1.82, 2.24) is 24.9 Å². The van der Waals surface area contributed by atoms with Gasteiger partial charge in [0.2, 0.25) is 0 Å². The number of fused-ring (bicyclic) bond motifs is 1. The predicted octanol–water partition coefficient (Wildman–Crippen LogP) is 2.23. The zero-order valence-corrected chi connectivity index (χ0v) is 17.1. The molecule has 0 fully saturated rings. The molecule has 3 rings (SSSR count). The number of rotatable bonds is 7. The van der Waals surface area contributed by atoms with E-state index in [1.54, 1.807) is 11.4 Å². The summed E-state index contributed by atoms with van der Waals surface area (Å²) < 4.78 is 6.94. The van der Waals surface area contributed by atoms with E-state index >= 15 is 0 Å². The standard InChI is InChI=1S/C21H25N5O3/c1-13-5-7-17(8-6-13)11-22-20(28)16(4)29-19(27)10-9-18-14(2)25-21-23-12-24-26(21)15(18)3/h5-8,12,16H,9-11H2,1-4H3,(H,22,28)/t16-/m0/s1. The quantitative estimate of drug-likeness (QED) is 0.616. The average molecular weight is 395 g/mol. The molecule has 2 aromatic heterocycles. The molecule has 1 amide bonds. The van der Waals surface area contributed by atoms with Crippen molar-refractivity contribution < 1.29 is 14.3 Å². The Kier molecular flexibility index (Phi) is 6.21. The van der Waals surface area contributed by atoms with Crippen LogP contribution in [0.15, 0.2) is 30.6 Å². The Morgan fingerprint density at radius 3 is 2.62 bits per heavy atom. The van der Waals surface area contributed by atoms with Crippen LogP contribution in [0.1, 0.15) is 41.4 Å². The molecule has 3 aromatic rings. The first kappa shape index (κ1) is 20.4. The van der Waals surface area contributed by atoms with Crippen LogP contribution >= 0.6 is 0 Å². The normalized spacial score (nSPS) is 12.0. The van der Waals surface area contributed by atoms with E-state index in [-0.39, 0.29) is 12.3 Å². The number of aryl methyl sites for hydroxylation is 3. The number of ether oxygens (including phenoxy) is 1. The molecule has 29 heavy (non-hydrogen) atoms. The van der Waals surface area contributed by atoms with E-state index < -0.39 is 12.1 Å². The third kappa shape index (κ3) is 4.96. The zero-order valence-electron chi connectivity index (χ0n) is 17.1. The number of hydrogen-bond donors (Lipinski definition) is 1. The molecule has 0 aliphatic rings. The van der Waals surface area contributed by atoms with Gasteiger partial charge in [-0.25, -0.2) is 9.50 Å². The fraction of sp³-hybridized carbons (Fsp3) is 0.381.